The summed E-state index contributed by atoms with van der Waals surface area (Å²) >= 11 is 0. The summed E-state index contributed by atoms with van der Waals surface area (Å²) in [5.41, 5.74) is -1.10. The summed E-state index contributed by atoms with van der Waals surface area (Å²) in [4.78, 5) is 2.24. The minimum Gasteiger partial charge on any atom is -0.407 e. The Labute approximate surface area is 251 Å². The molecule has 0 bridgehead atoms. The molecular formula is C35H55NO4Si. The Morgan fingerprint density at radius 1 is 1.00 bits per heavy atom. The number of aliphatic hydroxyl groups is 1. The molecular weight excluding hydrogens is 526 g/mol. The zero-order valence-electron chi connectivity index (χ0n) is 27.0. The predicted octanol–water partition coefficient (Wildman–Crippen LogP) is 6.00. The lowest BCUT2D eigenvalue weighted by atomic mass is 9.82. The third-order valence-electron chi connectivity index (χ3n) is 8.71. The van der Waals surface area contributed by atoms with Crippen molar-refractivity contribution in [2.45, 2.75) is 103 Å². The molecule has 3 rings (SSSR count). The average Bonchev–Trinajstić information content (AvgIpc) is 2.91. The number of nitrogens with zero attached hydrogens (tertiary/aromatic N) is 1. The molecule has 1 unspecified atom stereocenters. The molecule has 0 aliphatic carbocycles. The first kappa shape index (κ1) is 33.7. The molecule has 2 aromatic carbocycles. The highest BCUT2D eigenvalue weighted by molar-refractivity contribution is 6.99. The van der Waals surface area contributed by atoms with Gasteiger partial charge in [-0.1, -0.05) is 101 Å². The van der Waals surface area contributed by atoms with Crippen molar-refractivity contribution in [2.75, 3.05) is 20.7 Å². The molecule has 0 radical (unpaired) electrons. The maximum absolute atomic E-state index is 12.0. The molecule has 0 spiro atoms. The molecule has 2 aromatic rings. The highest BCUT2D eigenvalue weighted by Gasteiger charge is 2.50. The van der Waals surface area contributed by atoms with Gasteiger partial charge >= 0.3 is 0 Å². The van der Waals surface area contributed by atoms with Gasteiger partial charge < -0.3 is 23.9 Å². The molecule has 1 heterocycles. The van der Waals surface area contributed by atoms with Crippen molar-refractivity contribution in [3.05, 3.63) is 73.3 Å². The number of hydrogen-bond acceptors (Lipinski definition) is 5. The Kier molecular flexibility index (Phi) is 11.6. The second-order valence-electron chi connectivity index (χ2n) is 13.8. The largest absolute Gasteiger partial charge is 0.407 e. The minimum absolute atomic E-state index is 0.0477. The quantitative estimate of drug-likeness (QED) is 0.232. The molecule has 0 saturated carbocycles. The van der Waals surface area contributed by atoms with Gasteiger partial charge in [0.05, 0.1) is 17.8 Å². The van der Waals surface area contributed by atoms with Gasteiger partial charge in [0.1, 0.15) is 0 Å². The number of ether oxygens (including phenoxy) is 2. The van der Waals surface area contributed by atoms with Crippen molar-refractivity contribution in [1.29, 1.82) is 0 Å². The zero-order chi connectivity index (χ0) is 30.4. The Balaban J connectivity index is 1.83. The van der Waals surface area contributed by atoms with E-state index in [1.54, 1.807) is 0 Å². The van der Waals surface area contributed by atoms with Crippen molar-refractivity contribution < 1.29 is 19.0 Å². The molecule has 0 amide bonds. The van der Waals surface area contributed by atoms with Gasteiger partial charge in [-0.3, -0.25) is 0 Å². The average molecular weight is 582 g/mol. The first-order valence-electron chi connectivity index (χ1n) is 15.3. The van der Waals surface area contributed by atoms with Gasteiger partial charge in [-0.25, -0.2) is 0 Å². The van der Waals surface area contributed by atoms with Crippen molar-refractivity contribution in [1.82, 2.24) is 4.90 Å². The van der Waals surface area contributed by atoms with Gasteiger partial charge in [-0.05, 0) is 62.1 Å². The Hall–Kier alpha value is -1.80. The van der Waals surface area contributed by atoms with E-state index in [0.717, 1.165) is 12.8 Å². The number of benzene rings is 2. The molecule has 6 heteroatoms. The van der Waals surface area contributed by atoms with Crippen LogP contribution >= 0.6 is 0 Å². The van der Waals surface area contributed by atoms with Gasteiger partial charge in [0.25, 0.3) is 8.32 Å². The number of rotatable bonds is 13. The van der Waals surface area contributed by atoms with E-state index < -0.39 is 20.0 Å². The molecule has 7 atom stereocenters. The summed E-state index contributed by atoms with van der Waals surface area (Å²) in [6, 6.07) is 21.8. The van der Waals surface area contributed by atoms with Crippen LogP contribution in [0.25, 0.3) is 0 Å². The molecule has 1 saturated heterocycles. The standard InChI is InChI=1S/C35H55NO4Si/c1-11-27(3)33(40-32-23-29(36(9)10)22-28(4)39-32)35(8,37)24-26(2)25-38-41(34(5,6)7,30-18-14-12-15-19-30)31-20-16-13-17-21-31/h11-21,26-29,32-33,37H,1,22-25H2,2-10H3/t26-,27+,28-,29+,32?,33-,35-/m1/s1. The van der Waals surface area contributed by atoms with E-state index in [1.165, 1.54) is 10.4 Å². The van der Waals surface area contributed by atoms with Crippen LogP contribution in [-0.4, -0.2) is 69.2 Å². The minimum atomic E-state index is -2.66. The Morgan fingerprint density at radius 2 is 1.54 bits per heavy atom. The van der Waals surface area contributed by atoms with Gasteiger partial charge in [0, 0.05) is 25.0 Å². The first-order chi connectivity index (χ1) is 19.2. The Morgan fingerprint density at radius 3 is 2.00 bits per heavy atom. The SMILES string of the molecule is C=C[C@H](C)[C@@H](OC1C[C@@H](N(C)C)C[C@@H](C)O1)[C@](C)(O)C[C@@H](C)CO[Si](c1ccccc1)(c1ccccc1)C(C)(C)C. The van der Waals surface area contributed by atoms with E-state index >= 15 is 0 Å². The summed E-state index contributed by atoms with van der Waals surface area (Å²) in [6.45, 7) is 19.7. The van der Waals surface area contributed by atoms with Crippen molar-refractivity contribution in [2.24, 2.45) is 11.8 Å². The van der Waals surface area contributed by atoms with Crippen LogP contribution in [0.3, 0.4) is 0 Å². The second-order valence-corrected chi connectivity index (χ2v) is 18.1. The molecule has 1 aliphatic rings. The molecule has 228 valence electrons. The van der Waals surface area contributed by atoms with Crippen LogP contribution < -0.4 is 10.4 Å². The van der Waals surface area contributed by atoms with Crippen LogP contribution in [0, 0.1) is 11.8 Å². The van der Waals surface area contributed by atoms with Crippen LogP contribution in [0.15, 0.2) is 73.3 Å². The fraction of sp³-hybridized carbons (Fsp3) is 0.600. The van der Waals surface area contributed by atoms with E-state index in [1.807, 2.05) is 13.0 Å². The van der Waals surface area contributed by atoms with Crippen molar-refractivity contribution in [3.63, 3.8) is 0 Å². The van der Waals surface area contributed by atoms with Crippen LogP contribution in [0.4, 0.5) is 0 Å². The van der Waals surface area contributed by atoms with E-state index in [-0.39, 0.29) is 29.3 Å². The zero-order valence-corrected chi connectivity index (χ0v) is 28.0. The molecule has 5 nitrogen and oxygen atoms in total. The van der Waals surface area contributed by atoms with Crippen LogP contribution in [0.2, 0.25) is 5.04 Å². The first-order valence-corrected chi connectivity index (χ1v) is 17.2. The molecule has 1 N–H and O–H groups in total. The Bertz CT molecular complexity index is 1030. The number of hydrogen-bond donors (Lipinski definition) is 1. The molecule has 0 aromatic heterocycles. The summed E-state index contributed by atoms with van der Waals surface area (Å²) in [6.07, 6.45) is 3.44. The third kappa shape index (κ3) is 8.18. The fourth-order valence-corrected chi connectivity index (χ4v) is 11.3. The van der Waals surface area contributed by atoms with Crippen LogP contribution in [0.1, 0.15) is 67.7 Å². The van der Waals surface area contributed by atoms with Gasteiger partial charge in [0.2, 0.25) is 0 Å². The van der Waals surface area contributed by atoms with Crippen molar-refractivity contribution in [3.8, 4) is 0 Å². The molecule has 1 fully saturated rings. The predicted molar refractivity (Wildman–Crippen MR) is 173 cm³/mol. The van der Waals surface area contributed by atoms with E-state index in [2.05, 4.69) is 128 Å². The smallest absolute Gasteiger partial charge is 0.261 e. The fourth-order valence-electron chi connectivity index (χ4n) is 6.61. The highest BCUT2D eigenvalue weighted by atomic mass is 28.4. The second kappa shape index (κ2) is 14.1. The highest BCUT2D eigenvalue weighted by Crippen LogP contribution is 2.38. The van der Waals surface area contributed by atoms with Crippen LogP contribution in [0.5, 0.6) is 0 Å². The molecule has 41 heavy (non-hydrogen) atoms. The summed E-state index contributed by atoms with van der Waals surface area (Å²) in [5.74, 6) is 0.0453. The van der Waals surface area contributed by atoms with E-state index in [4.69, 9.17) is 13.9 Å². The lowest BCUT2D eigenvalue weighted by Gasteiger charge is -2.45. The topological polar surface area (TPSA) is 51.2 Å². The lowest BCUT2D eigenvalue weighted by Crippen LogP contribution is -2.67. The molecule has 1 aliphatic heterocycles. The van der Waals surface area contributed by atoms with E-state index in [0.29, 0.717) is 19.1 Å². The maximum atomic E-state index is 12.0. The van der Waals surface area contributed by atoms with Gasteiger partial charge in [0.15, 0.2) is 6.29 Å². The van der Waals surface area contributed by atoms with Gasteiger partial charge in [-0.15, -0.1) is 6.58 Å². The monoisotopic (exact) mass is 581 g/mol. The normalized spacial score (nSPS) is 23.9. The van der Waals surface area contributed by atoms with Crippen LogP contribution in [-0.2, 0) is 13.9 Å². The third-order valence-corrected chi connectivity index (χ3v) is 13.7. The summed E-state index contributed by atoms with van der Waals surface area (Å²) in [5, 5.41) is 14.4. The lowest BCUT2D eigenvalue weighted by molar-refractivity contribution is -0.257. The summed E-state index contributed by atoms with van der Waals surface area (Å²) < 4.78 is 20.0. The summed E-state index contributed by atoms with van der Waals surface area (Å²) in [7, 11) is 1.55. The maximum Gasteiger partial charge on any atom is 0.261 e. The van der Waals surface area contributed by atoms with Crippen molar-refractivity contribution >= 4 is 18.7 Å². The van der Waals surface area contributed by atoms with E-state index in [9.17, 15) is 5.11 Å². The van der Waals surface area contributed by atoms with Gasteiger partial charge in [-0.2, -0.15) is 0 Å².